The predicted molar refractivity (Wildman–Crippen MR) is 47.5 cm³/mol. The molecule has 0 amide bonds. The standard InChI is InChI=1S/C8H8F3N5/c1-4-2-5(14-13-4)3-6-12-7(16-15-6)8(9,10)11/h2H,3H2,1H3,(H,13,14)(H,12,15,16). The van der Waals surface area contributed by atoms with Crippen LogP contribution in [0.15, 0.2) is 6.07 Å². The normalized spacial score (nSPS) is 12.0. The quantitative estimate of drug-likeness (QED) is 0.821. The first kappa shape index (κ1) is 10.7. The fourth-order valence-corrected chi connectivity index (χ4v) is 1.24. The molecule has 0 saturated carbocycles. The van der Waals surface area contributed by atoms with Crippen molar-refractivity contribution in [1.29, 1.82) is 0 Å². The van der Waals surface area contributed by atoms with Crippen molar-refractivity contribution in [2.24, 2.45) is 0 Å². The van der Waals surface area contributed by atoms with E-state index in [0.717, 1.165) is 5.69 Å². The molecule has 0 aliphatic heterocycles. The second-order valence-electron chi connectivity index (χ2n) is 3.32. The molecule has 0 aliphatic carbocycles. The van der Waals surface area contributed by atoms with Crippen LogP contribution in [-0.4, -0.2) is 25.4 Å². The molecule has 0 atom stereocenters. The number of alkyl halides is 3. The number of rotatable bonds is 2. The van der Waals surface area contributed by atoms with Crippen molar-refractivity contribution in [2.45, 2.75) is 19.5 Å². The van der Waals surface area contributed by atoms with Crippen molar-refractivity contribution in [3.8, 4) is 0 Å². The first-order valence-corrected chi connectivity index (χ1v) is 4.44. The van der Waals surface area contributed by atoms with Crippen molar-refractivity contribution in [3.05, 3.63) is 29.1 Å². The van der Waals surface area contributed by atoms with Gasteiger partial charge in [-0.15, -0.1) is 5.10 Å². The van der Waals surface area contributed by atoms with E-state index in [1.54, 1.807) is 13.0 Å². The Morgan fingerprint density at radius 1 is 1.25 bits per heavy atom. The molecule has 86 valence electrons. The summed E-state index contributed by atoms with van der Waals surface area (Å²) in [6.07, 6.45) is -4.33. The lowest BCUT2D eigenvalue weighted by Crippen LogP contribution is -2.07. The van der Waals surface area contributed by atoms with Crippen molar-refractivity contribution in [3.63, 3.8) is 0 Å². The minimum atomic E-state index is -4.52. The number of halogens is 3. The molecule has 0 aromatic carbocycles. The van der Waals surface area contributed by atoms with Gasteiger partial charge in [0.25, 0.3) is 5.82 Å². The Balaban J connectivity index is 2.14. The lowest BCUT2D eigenvalue weighted by atomic mass is 10.3. The molecular weight excluding hydrogens is 223 g/mol. The second-order valence-corrected chi connectivity index (χ2v) is 3.32. The average molecular weight is 231 g/mol. The molecule has 0 spiro atoms. The molecule has 0 fully saturated rings. The minimum Gasteiger partial charge on any atom is -0.283 e. The van der Waals surface area contributed by atoms with Gasteiger partial charge in [-0.25, -0.2) is 4.98 Å². The van der Waals surface area contributed by atoms with E-state index in [1.807, 2.05) is 0 Å². The van der Waals surface area contributed by atoms with E-state index < -0.39 is 12.0 Å². The molecule has 2 aromatic heterocycles. The van der Waals surface area contributed by atoms with Gasteiger partial charge < -0.3 is 0 Å². The number of hydrogen-bond acceptors (Lipinski definition) is 3. The molecule has 0 bridgehead atoms. The van der Waals surface area contributed by atoms with Crippen LogP contribution in [0.25, 0.3) is 0 Å². The Morgan fingerprint density at radius 3 is 2.50 bits per heavy atom. The SMILES string of the molecule is Cc1cc(Cc2nc(C(F)(F)F)n[nH]2)n[nH]1. The third kappa shape index (κ3) is 2.20. The fraction of sp³-hybridized carbons (Fsp3) is 0.375. The van der Waals surface area contributed by atoms with Crippen molar-refractivity contribution in [2.75, 3.05) is 0 Å². The molecule has 0 saturated heterocycles. The molecule has 0 radical (unpaired) electrons. The summed E-state index contributed by atoms with van der Waals surface area (Å²) in [6, 6.07) is 1.73. The highest BCUT2D eigenvalue weighted by molar-refractivity contribution is 5.12. The van der Waals surface area contributed by atoms with Crippen molar-refractivity contribution in [1.82, 2.24) is 25.4 Å². The first-order chi connectivity index (χ1) is 7.45. The molecular formula is C8H8F3N5. The molecule has 8 heteroatoms. The largest absolute Gasteiger partial charge is 0.453 e. The lowest BCUT2D eigenvalue weighted by Gasteiger charge is -1.97. The van der Waals surface area contributed by atoms with Crippen molar-refractivity contribution >= 4 is 0 Å². The molecule has 2 N–H and O–H groups in total. The van der Waals surface area contributed by atoms with Crippen LogP contribution < -0.4 is 0 Å². The maximum atomic E-state index is 12.2. The van der Waals surface area contributed by atoms with Crippen LogP contribution in [0.5, 0.6) is 0 Å². The number of nitrogens with one attached hydrogen (secondary N) is 2. The molecule has 5 nitrogen and oxygen atoms in total. The lowest BCUT2D eigenvalue weighted by molar-refractivity contribution is -0.144. The van der Waals surface area contributed by atoms with Crippen LogP contribution in [0.4, 0.5) is 13.2 Å². The molecule has 2 rings (SSSR count). The highest BCUT2D eigenvalue weighted by Gasteiger charge is 2.35. The van der Waals surface area contributed by atoms with Gasteiger partial charge in [0.05, 0.1) is 12.1 Å². The number of aromatic amines is 2. The highest BCUT2D eigenvalue weighted by Crippen LogP contribution is 2.25. The van der Waals surface area contributed by atoms with Crippen molar-refractivity contribution < 1.29 is 13.2 Å². The molecule has 16 heavy (non-hydrogen) atoms. The van der Waals surface area contributed by atoms with Crippen LogP contribution >= 0.6 is 0 Å². The Hall–Kier alpha value is -1.86. The Morgan fingerprint density at radius 2 is 2.00 bits per heavy atom. The predicted octanol–water partition coefficient (Wildman–Crippen LogP) is 1.45. The van der Waals surface area contributed by atoms with Gasteiger partial charge in [-0.1, -0.05) is 0 Å². The highest BCUT2D eigenvalue weighted by atomic mass is 19.4. The maximum Gasteiger partial charge on any atom is 0.453 e. The van der Waals surface area contributed by atoms with E-state index in [9.17, 15) is 13.2 Å². The third-order valence-electron chi connectivity index (χ3n) is 1.89. The Bertz CT molecular complexity index is 484. The van der Waals surface area contributed by atoms with Crippen LogP contribution in [0, 0.1) is 6.92 Å². The van der Waals surface area contributed by atoms with Gasteiger partial charge in [0.2, 0.25) is 0 Å². The van der Waals surface area contributed by atoms with Gasteiger partial charge in [0.15, 0.2) is 0 Å². The monoisotopic (exact) mass is 231 g/mol. The zero-order valence-corrected chi connectivity index (χ0v) is 8.26. The smallest absolute Gasteiger partial charge is 0.283 e. The van der Waals surface area contributed by atoms with E-state index >= 15 is 0 Å². The number of aryl methyl sites for hydroxylation is 1. The van der Waals surface area contributed by atoms with Gasteiger partial charge in [0.1, 0.15) is 5.82 Å². The Kier molecular flexibility index (Phi) is 2.41. The zero-order valence-electron chi connectivity index (χ0n) is 8.26. The number of H-pyrrole nitrogens is 2. The van der Waals surface area contributed by atoms with Crippen LogP contribution in [-0.2, 0) is 12.6 Å². The third-order valence-corrected chi connectivity index (χ3v) is 1.89. The van der Waals surface area contributed by atoms with E-state index in [4.69, 9.17) is 0 Å². The number of nitrogens with zero attached hydrogens (tertiary/aromatic N) is 3. The summed E-state index contributed by atoms with van der Waals surface area (Å²) in [5, 5.41) is 11.9. The number of aromatic nitrogens is 5. The summed E-state index contributed by atoms with van der Waals surface area (Å²) < 4.78 is 36.5. The molecule has 2 aromatic rings. The molecule has 2 heterocycles. The summed E-state index contributed by atoms with van der Waals surface area (Å²) in [5.74, 6) is -1.02. The molecule has 0 aliphatic rings. The average Bonchev–Trinajstić information content (AvgIpc) is 2.74. The van der Waals surface area contributed by atoms with E-state index in [0.29, 0.717) is 5.69 Å². The van der Waals surface area contributed by atoms with Crippen LogP contribution in [0.1, 0.15) is 23.0 Å². The minimum absolute atomic E-state index is 0.138. The van der Waals surface area contributed by atoms with Gasteiger partial charge in [-0.2, -0.15) is 18.3 Å². The Labute approximate surface area is 88.1 Å². The summed E-state index contributed by atoms with van der Waals surface area (Å²) in [4.78, 5) is 3.34. The summed E-state index contributed by atoms with van der Waals surface area (Å²) in [5.41, 5.74) is 1.45. The second kappa shape index (κ2) is 3.62. The van der Waals surface area contributed by atoms with Crippen LogP contribution in [0.3, 0.4) is 0 Å². The summed E-state index contributed by atoms with van der Waals surface area (Å²) in [6.45, 7) is 1.80. The van der Waals surface area contributed by atoms with E-state index in [1.165, 1.54) is 0 Å². The summed E-state index contributed by atoms with van der Waals surface area (Å²) >= 11 is 0. The van der Waals surface area contributed by atoms with Gasteiger partial charge >= 0.3 is 6.18 Å². The van der Waals surface area contributed by atoms with E-state index in [-0.39, 0.29) is 12.2 Å². The fourth-order valence-electron chi connectivity index (χ4n) is 1.24. The van der Waals surface area contributed by atoms with Gasteiger partial charge in [-0.05, 0) is 13.0 Å². The first-order valence-electron chi connectivity index (χ1n) is 4.44. The van der Waals surface area contributed by atoms with E-state index in [2.05, 4.69) is 25.4 Å². The summed E-state index contributed by atoms with van der Waals surface area (Å²) in [7, 11) is 0. The topological polar surface area (TPSA) is 70.2 Å². The van der Waals surface area contributed by atoms with Crippen LogP contribution in [0.2, 0.25) is 0 Å². The van der Waals surface area contributed by atoms with Gasteiger partial charge in [0, 0.05) is 5.69 Å². The maximum absolute atomic E-state index is 12.2. The number of hydrogen-bond donors (Lipinski definition) is 2. The zero-order chi connectivity index (χ0) is 11.8. The van der Waals surface area contributed by atoms with Gasteiger partial charge in [-0.3, -0.25) is 10.2 Å². The molecule has 0 unspecified atom stereocenters.